The molecule has 1 fully saturated rings. The number of nitrogen functional groups attached to an aromatic ring is 1. The number of hydrogen-bond donors (Lipinski definition) is 1. The molecule has 1 saturated heterocycles. The predicted octanol–water partition coefficient (Wildman–Crippen LogP) is 0.522. The molecule has 3 N–H and O–H groups in total. The van der Waals surface area contributed by atoms with Crippen LogP contribution in [0.25, 0.3) is 0 Å². The van der Waals surface area contributed by atoms with Crippen LogP contribution >= 0.6 is 99.5 Å². The van der Waals surface area contributed by atoms with Crippen molar-refractivity contribution >= 4 is 185 Å². The first-order chi connectivity index (χ1) is 20.1. The molecule has 2 aromatic rings. The summed E-state index contributed by atoms with van der Waals surface area (Å²) in [4.78, 5) is 32.0. The molecule has 0 saturated carbocycles. The van der Waals surface area contributed by atoms with E-state index in [0.29, 0.717) is 33.3 Å². The number of hydrogen-bond acceptors (Lipinski definition) is 8. The molecule has 1 aliphatic rings. The van der Waals surface area contributed by atoms with Crippen LogP contribution in [0.2, 0.25) is 0 Å². The van der Waals surface area contributed by atoms with E-state index in [1.54, 1.807) is 18.2 Å². The zero-order valence-electron chi connectivity index (χ0n) is 24.8. The molecular formula is C22H21Br5ClF4K3N2NaO7P. The summed E-state index contributed by atoms with van der Waals surface area (Å²) in [6.07, 6.45) is -3.60. The maximum absolute atomic E-state index is 12.7. The van der Waals surface area contributed by atoms with E-state index in [2.05, 4.69) is 84.3 Å². The van der Waals surface area contributed by atoms with E-state index in [-0.39, 0.29) is 118 Å². The van der Waals surface area contributed by atoms with Gasteiger partial charge in [0.15, 0.2) is 0 Å². The van der Waals surface area contributed by atoms with Gasteiger partial charge >= 0.3 is 152 Å². The predicted molar refractivity (Wildman–Crippen MR) is 176 cm³/mol. The molecule has 0 spiro atoms. The average Bonchev–Trinajstić information content (AvgIpc) is 3.29. The quantitative estimate of drug-likeness (QED) is 0.0614. The van der Waals surface area contributed by atoms with Crippen LogP contribution < -0.4 is 102 Å². The van der Waals surface area contributed by atoms with Crippen LogP contribution in [0.1, 0.15) is 36.8 Å². The third kappa shape index (κ3) is 27.3. The van der Waals surface area contributed by atoms with Crippen molar-refractivity contribution in [3.8, 4) is 0 Å². The second-order valence-corrected chi connectivity index (χ2v) is 13.1. The van der Waals surface area contributed by atoms with E-state index in [4.69, 9.17) is 32.1 Å². The van der Waals surface area contributed by atoms with Crippen LogP contribution in [0, 0.1) is 0 Å². The van der Waals surface area contributed by atoms with E-state index < -0.39 is 21.1 Å². The second-order valence-electron chi connectivity index (χ2n) is 7.38. The van der Waals surface area contributed by atoms with Crippen molar-refractivity contribution in [3.63, 3.8) is 0 Å². The van der Waals surface area contributed by atoms with Crippen LogP contribution in [-0.2, 0) is 18.8 Å². The van der Waals surface area contributed by atoms with Gasteiger partial charge in [-0.3, -0.25) is 9.59 Å². The molecule has 2 aromatic carbocycles. The summed E-state index contributed by atoms with van der Waals surface area (Å²) in [5.41, 5.74) is 6.03. The number of benzene rings is 2. The molecule has 3 unspecified atom stereocenters. The first kappa shape index (κ1) is 60.9. The first-order valence-corrected chi connectivity index (χ1v) is 33.8. The van der Waals surface area contributed by atoms with Crippen molar-refractivity contribution in [2.75, 3.05) is 22.5 Å². The second kappa shape index (κ2) is 36.3. The molecule has 240 valence electrons. The summed E-state index contributed by atoms with van der Waals surface area (Å²) >= 11 is 23.2. The summed E-state index contributed by atoms with van der Waals surface area (Å²) in [5.74, 6) is -0.0764. The van der Waals surface area contributed by atoms with Crippen LogP contribution in [0.4, 0.5) is 28.9 Å². The third-order valence-corrected chi connectivity index (χ3v) is 8.87. The van der Waals surface area contributed by atoms with Crippen LogP contribution in [0.3, 0.4) is 0 Å². The first-order valence-electron chi connectivity index (χ1n) is 11.8. The monoisotopic (exact) mass is 1100 g/mol. The van der Waals surface area contributed by atoms with Crippen molar-refractivity contribution in [1.82, 2.24) is 0 Å². The molecule has 1 aliphatic heterocycles. The standard InChI is InChI=1S/C11H9Br2F2NO.C7H6BrF2N.C4H5Br2ClO.3K.Na.HO4P.H2O/c12-8-2-1-6(5-7(8)10(14)15)16-4-3-9(13)11(16)17;8-6-2-1-4(11)3-5(6)7(9)10;5-2-1-3(6)4(7)8;;;;;1-4-5(2)3;/h1-2,5,9-10H,3-4H2;1-3,7H,11H2;3H,1-2H2;;;;;1H;1H2/q;;;;;2*+1;;/p-2. The summed E-state index contributed by atoms with van der Waals surface area (Å²) in [7, 11) is -3.15. The minimum atomic E-state index is -3.15. The summed E-state index contributed by atoms with van der Waals surface area (Å²) in [6, 6.07) is 8.91. The molecule has 0 aromatic heterocycles. The zero-order chi connectivity index (χ0) is 33.9. The Labute approximate surface area is 421 Å². The Kier molecular flexibility index (Phi) is 48.0. The van der Waals surface area contributed by atoms with Gasteiger partial charge < -0.3 is 26.3 Å². The summed E-state index contributed by atoms with van der Waals surface area (Å²) in [6.45, 7) is 0.555. The minimum Gasteiger partial charge on any atom is -0.870 e. The van der Waals surface area contributed by atoms with Crippen LogP contribution in [0.5, 0.6) is 0 Å². The Morgan fingerprint density at radius 1 is 1.11 bits per heavy atom. The number of carbonyl (C=O) groups excluding carboxylic acids is 2. The molecule has 0 aliphatic carbocycles. The topological polar surface area (TPSA) is 166 Å². The molecule has 3 rings (SSSR count). The van der Waals surface area contributed by atoms with Gasteiger partial charge in [-0.1, -0.05) is 79.6 Å². The van der Waals surface area contributed by atoms with Crippen LogP contribution in [-0.4, -0.2) is 101 Å². The summed E-state index contributed by atoms with van der Waals surface area (Å²) in [5, 5.41) is 9.00. The Hall–Kier alpha value is 5.64. The number of halogens is 10. The van der Waals surface area contributed by atoms with Gasteiger partial charge in [-0.15, -0.1) is 0 Å². The Morgan fingerprint density at radius 2 is 1.54 bits per heavy atom. The number of rotatable bonds is 7. The molecule has 0 radical (unpaired) electrons. The van der Waals surface area contributed by atoms with E-state index in [9.17, 15) is 27.2 Å². The largest absolute Gasteiger partial charge is 1.00 e. The molecule has 9 nitrogen and oxygen atoms in total. The molecule has 0 bridgehead atoms. The van der Waals surface area contributed by atoms with Crippen molar-refractivity contribution in [2.24, 2.45) is 0 Å². The smallest absolute Gasteiger partial charge is 0.870 e. The van der Waals surface area contributed by atoms with Gasteiger partial charge in [-0.2, -0.15) is 0 Å². The van der Waals surface area contributed by atoms with E-state index >= 15 is 0 Å². The maximum atomic E-state index is 12.7. The van der Waals surface area contributed by atoms with E-state index in [1.807, 2.05) is 0 Å². The molecule has 1 heterocycles. The van der Waals surface area contributed by atoms with Gasteiger partial charge in [0.25, 0.3) is 12.9 Å². The van der Waals surface area contributed by atoms with E-state index in [1.165, 1.54) is 86.3 Å². The normalized spacial score (nSPS) is 13.8. The average molecular weight is 1110 g/mol. The Balaban J connectivity index is -0.000000169. The van der Waals surface area contributed by atoms with Crippen molar-refractivity contribution < 1.29 is 133 Å². The van der Waals surface area contributed by atoms with Gasteiger partial charge in [0.2, 0.25) is 11.1 Å². The number of amides is 1. The van der Waals surface area contributed by atoms with Gasteiger partial charge in [0.05, 0.1) is 9.65 Å². The van der Waals surface area contributed by atoms with Crippen LogP contribution in [0.15, 0.2) is 45.3 Å². The minimum absolute atomic E-state index is 0. The van der Waals surface area contributed by atoms with Crippen molar-refractivity contribution in [1.29, 1.82) is 0 Å². The molecule has 1 amide bonds. The fraction of sp³-hybridized carbons (Fsp3) is 0.364. The Bertz CT molecular complexity index is 1190. The fourth-order valence-corrected chi connectivity index (χ4v) is 5.41. The summed E-state index contributed by atoms with van der Waals surface area (Å²) < 4.78 is 61.8. The zero-order valence-corrected chi connectivity index (χ0v) is 45.7. The van der Waals surface area contributed by atoms with Gasteiger partial charge in [-0.25, -0.2) is 22.2 Å². The van der Waals surface area contributed by atoms with Gasteiger partial charge in [0.1, 0.15) is 0 Å². The van der Waals surface area contributed by atoms with Crippen molar-refractivity contribution in [3.05, 3.63) is 56.5 Å². The number of nitrogens with two attached hydrogens (primary N) is 1. The van der Waals surface area contributed by atoms with Crippen molar-refractivity contribution in [2.45, 2.75) is 35.3 Å². The molecule has 46 heavy (non-hydrogen) atoms. The number of nitrogens with zero attached hydrogens (tertiary/aromatic N) is 1. The number of alkyl halides is 7. The number of carbonyl (C=O) groups is 2. The van der Waals surface area contributed by atoms with E-state index in [0.717, 1.165) is 11.8 Å². The third-order valence-electron chi connectivity index (χ3n) is 4.59. The molecule has 24 heteroatoms. The van der Waals surface area contributed by atoms with Gasteiger partial charge in [-0.05, 0) is 65.4 Å². The fourth-order valence-electron chi connectivity index (χ4n) is 2.71. The molecular weight excluding hydrogens is 1090 g/mol. The Morgan fingerprint density at radius 3 is 1.85 bits per heavy atom. The number of anilines is 2. The molecule has 3 atom stereocenters. The maximum Gasteiger partial charge on any atom is 1.00 e. The SMILES string of the molecule is Nc1ccc(Br)c(C(F)F)c1.O=C(Cl)C(Br)CCBr.O=C1C(Br)CCN1c1ccc(Br)c(C(F)F)c1.O=[P+]([O-])O[O-].[K+].[K][K].[Na+].[OH-]. The van der Waals surface area contributed by atoms with Gasteiger partial charge in [0, 0.05) is 43.3 Å².